The maximum atomic E-state index is 8.84. The van der Waals surface area contributed by atoms with Crippen molar-refractivity contribution in [3.63, 3.8) is 0 Å². The summed E-state index contributed by atoms with van der Waals surface area (Å²) < 4.78 is 0. The number of aromatic nitrogens is 1. The highest BCUT2D eigenvalue weighted by atomic mass is 14.7. The maximum absolute atomic E-state index is 8.84. The predicted octanol–water partition coefficient (Wildman–Crippen LogP) is 2.62. The zero-order valence-electron chi connectivity index (χ0n) is 9.17. The number of nitriles is 1. The van der Waals surface area contributed by atoms with Crippen LogP contribution in [0.2, 0.25) is 0 Å². The van der Waals surface area contributed by atoms with Gasteiger partial charge in [0.15, 0.2) is 0 Å². The van der Waals surface area contributed by atoms with Gasteiger partial charge in [-0.3, -0.25) is 4.98 Å². The zero-order chi connectivity index (χ0) is 12.1. The van der Waals surface area contributed by atoms with E-state index < -0.39 is 0 Å². The minimum Gasteiger partial charge on any atom is -0.399 e. The van der Waals surface area contributed by atoms with Crippen LogP contribution in [0.5, 0.6) is 0 Å². The minimum atomic E-state index is 0.669. The first kappa shape index (κ1) is 10.9. The molecule has 1 heterocycles. The monoisotopic (exact) mass is 221 g/mol. The molecule has 0 saturated heterocycles. The number of nitrogens with zero attached hydrogens (tertiary/aromatic N) is 2. The average molecular weight is 221 g/mol. The highest BCUT2D eigenvalue weighted by Gasteiger charge is 2.05. The molecule has 0 atom stereocenters. The Hall–Kier alpha value is -2.60. The van der Waals surface area contributed by atoms with Crippen molar-refractivity contribution in [2.24, 2.45) is 0 Å². The van der Waals surface area contributed by atoms with Gasteiger partial charge in [-0.05, 0) is 29.8 Å². The number of benzene rings is 1. The third kappa shape index (κ3) is 2.50. The van der Waals surface area contributed by atoms with Crippen LogP contribution in [0.25, 0.3) is 5.57 Å². The van der Waals surface area contributed by atoms with E-state index in [9.17, 15) is 0 Å². The molecule has 0 spiro atoms. The molecule has 82 valence electrons. The van der Waals surface area contributed by atoms with Crippen molar-refractivity contribution in [1.82, 2.24) is 4.98 Å². The summed E-state index contributed by atoms with van der Waals surface area (Å²) in [6.45, 7) is 0. The van der Waals surface area contributed by atoms with Crippen LogP contribution in [0, 0.1) is 11.3 Å². The van der Waals surface area contributed by atoms with Crippen molar-refractivity contribution in [3.05, 3.63) is 66.0 Å². The molecule has 0 radical (unpaired) electrons. The summed E-state index contributed by atoms with van der Waals surface area (Å²) in [5, 5.41) is 8.84. The number of nitrogen functional groups attached to an aromatic ring is 1. The van der Waals surface area contributed by atoms with Crippen molar-refractivity contribution >= 4 is 11.3 Å². The molecular formula is C14H11N3. The second kappa shape index (κ2) is 4.95. The minimum absolute atomic E-state index is 0.669. The van der Waals surface area contributed by atoms with E-state index in [4.69, 9.17) is 11.0 Å². The van der Waals surface area contributed by atoms with Gasteiger partial charge in [0.25, 0.3) is 0 Å². The van der Waals surface area contributed by atoms with E-state index in [2.05, 4.69) is 4.98 Å². The second-order valence-corrected chi connectivity index (χ2v) is 3.53. The fourth-order valence-electron chi connectivity index (χ4n) is 1.60. The summed E-state index contributed by atoms with van der Waals surface area (Å²) in [6.07, 6.45) is 3.18. The van der Waals surface area contributed by atoms with Crippen molar-refractivity contribution < 1.29 is 0 Å². The van der Waals surface area contributed by atoms with Crippen molar-refractivity contribution in [1.29, 1.82) is 5.26 Å². The lowest BCUT2D eigenvalue weighted by Crippen LogP contribution is -1.92. The van der Waals surface area contributed by atoms with Gasteiger partial charge in [-0.2, -0.15) is 5.26 Å². The van der Waals surface area contributed by atoms with Gasteiger partial charge in [-0.15, -0.1) is 0 Å². The van der Waals surface area contributed by atoms with E-state index in [0.717, 1.165) is 16.8 Å². The maximum Gasteiger partial charge on any atom is 0.0919 e. The first-order chi connectivity index (χ1) is 8.31. The van der Waals surface area contributed by atoms with Gasteiger partial charge in [-0.25, -0.2) is 0 Å². The molecule has 0 amide bonds. The molecule has 0 bridgehead atoms. The number of hydrogen-bond acceptors (Lipinski definition) is 3. The van der Waals surface area contributed by atoms with Gasteiger partial charge in [-0.1, -0.05) is 18.2 Å². The van der Waals surface area contributed by atoms with Gasteiger partial charge in [0.05, 0.1) is 11.8 Å². The van der Waals surface area contributed by atoms with Gasteiger partial charge in [0.2, 0.25) is 0 Å². The topological polar surface area (TPSA) is 62.7 Å². The van der Waals surface area contributed by atoms with Crippen molar-refractivity contribution in [3.8, 4) is 6.07 Å². The third-order valence-corrected chi connectivity index (χ3v) is 2.35. The normalized spacial score (nSPS) is 10.9. The summed E-state index contributed by atoms with van der Waals surface area (Å²) in [5.41, 5.74) is 8.84. The van der Waals surface area contributed by atoms with Gasteiger partial charge < -0.3 is 5.73 Å². The highest BCUT2D eigenvalue weighted by molar-refractivity contribution is 5.80. The molecule has 17 heavy (non-hydrogen) atoms. The Morgan fingerprint density at radius 1 is 1.24 bits per heavy atom. The molecule has 2 aromatic rings. The fraction of sp³-hybridized carbons (Fsp3) is 0. The summed E-state index contributed by atoms with van der Waals surface area (Å²) in [7, 11) is 0. The fourth-order valence-corrected chi connectivity index (χ4v) is 1.60. The van der Waals surface area contributed by atoms with Gasteiger partial charge >= 0.3 is 0 Å². The van der Waals surface area contributed by atoms with Crippen LogP contribution in [0.4, 0.5) is 5.69 Å². The van der Waals surface area contributed by atoms with E-state index in [1.54, 1.807) is 6.20 Å². The van der Waals surface area contributed by atoms with Gasteiger partial charge in [0.1, 0.15) is 0 Å². The van der Waals surface area contributed by atoms with Crippen molar-refractivity contribution in [2.45, 2.75) is 0 Å². The van der Waals surface area contributed by atoms with Gasteiger partial charge in [0, 0.05) is 23.5 Å². The van der Waals surface area contributed by atoms with Crippen LogP contribution in [0.15, 0.2) is 54.7 Å². The Kier molecular flexibility index (Phi) is 3.18. The molecule has 0 aliphatic heterocycles. The first-order valence-corrected chi connectivity index (χ1v) is 5.18. The summed E-state index contributed by atoms with van der Waals surface area (Å²) >= 11 is 0. The Morgan fingerprint density at radius 3 is 2.76 bits per heavy atom. The Labute approximate surface area is 99.8 Å². The molecule has 2 rings (SSSR count). The first-order valence-electron chi connectivity index (χ1n) is 5.18. The molecular weight excluding hydrogens is 210 g/mol. The molecule has 1 aromatic heterocycles. The number of allylic oxidation sites excluding steroid dienone is 1. The molecule has 1 aromatic carbocycles. The van der Waals surface area contributed by atoms with E-state index in [1.165, 1.54) is 6.08 Å². The van der Waals surface area contributed by atoms with Crippen LogP contribution >= 0.6 is 0 Å². The molecule has 3 heteroatoms. The molecule has 0 unspecified atom stereocenters. The smallest absolute Gasteiger partial charge is 0.0919 e. The van der Waals surface area contributed by atoms with E-state index in [1.807, 2.05) is 48.5 Å². The lowest BCUT2D eigenvalue weighted by atomic mass is 10.0. The lowest BCUT2D eigenvalue weighted by molar-refractivity contribution is 1.27. The van der Waals surface area contributed by atoms with E-state index in [-0.39, 0.29) is 0 Å². The SMILES string of the molecule is N#CC=C(c1cccc(N)c1)c1ccccn1. The summed E-state index contributed by atoms with van der Waals surface area (Å²) in [5.74, 6) is 0. The lowest BCUT2D eigenvalue weighted by Gasteiger charge is -2.06. The van der Waals surface area contributed by atoms with Crippen molar-refractivity contribution in [2.75, 3.05) is 5.73 Å². The zero-order valence-corrected chi connectivity index (χ0v) is 9.17. The van der Waals surface area contributed by atoms with E-state index >= 15 is 0 Å². The largest absolute Gasteiger partial charge is 0.399 e. The number of hydrogen-bond donors (Lipinski definition) is 1. The van der Waals surface area contributed by atoms with Crippen LogP contribution in [-0.4, -0.2) is 4.98 Å². The quantitative estimate of drug-likeness (QED) is 0.626. The average Bonchev–Trinajstić information content (AvgIpc) is 2.37. The van der Waals surface area contributed by atoms with Crippen LogP contribution in [0.3, 0.4) is 0 Å². The highest BCUT2D eigenvalue weighted by Crippen LogP contribution is 2.22. The Balaban J connectivity index is 2.52. The third-order valence-electron chi connectivity index (χ3n) is 2.35. The second-order valence-electron chi connectivity index (χ2n) is 3.53. The molecule has 0 aliphatic carbocycles. The molecule has 0 saturated carbocycles. The molecule has 0 aliphatic rings. The number of anilines is 1. The van der Waals surface area contributed by atoms with Crippen LogP contribution in [-0.2, 0) is 0 Å². The molecule has 2 N–H and O–H groups in total. The summed E-state index contributed by atoms with van der Waals surface area (Å²) in [6, 6.07) is 15.1. The Bertz CT molecular complexity index is 580. The standard InChI is InChI=1S/C14H11N3/c15-8-7-13(14-6-1-2-9-17-14)11-4-3-5-12(16)10-11/h1-7,9-10H,16H2. The van der Waals surface area contributed by atoms with E-state index in [0.29, 0.717) is 5.69 Å². The van der Waals surface area contributed by atoms with Crippen LogP contribution in [0.1, 0.15) is 11.3 Å². The predicted molar refractivity (Wildman–Crippen MR) is 67.8 cm³/mol. The molecule has 3 nitrogen and oxygen atoms in total. The number of pyridine rings is 1. The van der Waals surface area contributed by atoms with Crippen LogP contribution < -0.4 is 5.73 Å². The Morgan fingerprint density at radius 2 is 2.12 bits per heavy atom. The number of rotatable bonds is 2. The molecule has 0 fully saturated rings. The summed E-state index contributed by atoms with van der Waals surface area (Å²) in [4.78, 5) is 4.24. The number of nitrogens with two attached hydrogens (primary N) is 1.